The number of rotatable bonds is 14. The third-order valence-electron chi connectivity index (χ3n) is 7.32. The number of sulfonamides is 1. The summed E-state index contributed by atoms with van der Waals surface area (Å²) < 4.78 is 40.3. The average molecular weight is 699 g/mol. The molecule has 1 N–H and O–H groups in total. The number of ether oxygens (including phenoxy) is 2. The lowest BCUT2D eigenvalue weighted by Gasteiger charge is -2.34. The zero-order valence-electron chi connectivity index (χ0n) is 26.5. The number of nitrogens with one attached hydrogen (secondary N) is 1. The summed E-state index contributed by atoms with van der Waals surface area (Å²) in [6.07, 6.45) is 0.171. The summed E-state index contributed by atoms with van der Waals surface area (Å²) in [7, 11) is -1.49. The normalized spacial score (nSPS) is 11.9. The van der Waals surface area contributed by atoms with Gasteiger partial charge >= 0.3 is 0 Å². The van der Waals surface area contributed by atoms with Gasteiger partial charge in [0.15, 0.2) is 11.5 Å². The van der Waals surface area contributed by atoms with E-state index in [1.54, 1.807) is 48.5 Å². The number of nitrogens with zero attached hydrogens (tertiary/aromatic N) is 2. The van der Waals surface area contributed by atoms with Crippen molar-refractivity contribution >= 4 is 50.7 Å². The van der Waals surface area contributed by atoms with E-state index in [1.165, 1.54) is 37.3 Å². The van der Waals surface area contributed by atoms with Crippen LogP contribution in [-0.2, 0) is 32.6 Å². The third kappa shape index (κ3) is 8.97. The molecule has 0 aromatic heterocycles. The molecule has 4 rings (SSSR count). The van der Waals surface area contributed by atoms with Gasteiger partial charge in [-0.3, -0.25) is 13.9 Å². The fourth-order valence-corrected chi connectivity index (χ4v) is 6.89. The van der Waals surface area contributed by atoms with Crippen LogP contribution in [0.3, 0.4) is 0 Å². The molecule has 0 spiro atoms. The molecule has 0 aliphatic heterocycles. The monoisotopic (exact) mass is 697 g/mol. The van der Waals surface area contributed by atoms with Gasteiger partial charge in [0.2, 0.25) is 11.8 Å². The minimum Gasteiger partial charge on any atom is -0.493 e. The van der Waals surface area contributed by atoms with Crippen LogP contribution in [0.4, 0.5) is 5.69 Å². The summed E-state index contributed by atoms with van der Waals surface area (Å²) in [5, 5.41) is 3.64. The highest BCUT2D eigenvalue weighted by Gasteiger charge is 2.35. The molecule has 0 bridgehead atoms. The number of methoxy groups -OCH3 is 2. The quantitative estimate of drug-likeness (QED) is 0.164. The number of carbonyl (C=O) groups is 2. The molecule has 0 aliphatic rings. The molecule has 248 valence electrons. The maximum atomic E-state index is 14.6. The Morgan fingerprint density at radius 1 is 0.830 bits per heavy atom. The Balaban J connectivity index is 1.83. The molecule has 0 saturated heterocycles. The van der Waals surface area contributed by atoms with Gasteiger partial charge in [-0.15, -0.1) is 0 Å². The Morgan fingerprint density at radius 2 is 1.47 bits per heavy atom. The lowest BCUT2D eigenvalue weighted by Crippen LogP contribution is -2.54. The Kier molecular flexibility index (Phi) is 12.1. The van der Waals surface area contributed by atoms with Crippen molar-refractivity contribution in [1.29, 1.82) is 0 Å². The predicted octanol–water partition coefficient (Wildman–Crippen LogP) is 6.37. The van der Waals surface area contributed by atoms with Crippen LogP contribution in [0.25, 0.3) is 0 Å². The van der Waals surface area contributed by atoms with Gasteiger partial charge in [0.25, 0.3) is 10.0 Å². The van der Waals surface area contributed by atoms with Crippen LogP contribution < -0.4 is 19.1 Å². The van der Waals surface area contributed by atoms with Crippen molar-refractivity contribution in [3.63, 3.8) is 0 Å². The third-order valence-corrected chi connectivity index (χ3v) is 9.68. The van der Waals surface area contributed by atoms with Crippen LogP contribution in [0.1, 0.15) is 25.0 Å². The summed E-state index contributed by atoms with van der Waals surface area (Å²) >= 11 is 12.7. The average Bonchev–Trinajstić information content (AvgIpc) is 3.06. The molecule has 0 unspecified atom stereocenters. The molecule has 0 aliphatic carbocycles. The predicted molar refractivity (Wildman–Crippen MR) is 185 cm³/mol. The van der Waals surface area contributed by atoms with Gasteiger partial charge in [-0.1, -0.05) is 77.8 Å². The standard InChI is InChI=1S/C35H37Cl2N3O6S/c1-24(2)38-35(42)31(19-25-11-7-5-8-12-25)39(22-26-15-16-27(36)20-30(26)37)34(41)23-40(28-13-9-6-10-14-28)47(43,44)29-17-18-32(45-3)33(21-29)46-4/h5-18,20-21,24,31H,19,22-23H2,1-4H3,(H,38,42)/t31-/m1/s1. The van der Waals surface area contributed by atoms with E-state index in [0.717, 1.165) is 9.87 Å². The topological polar surface area (TPSA) is 105 Å². The number of halogens is 2. The van der Waals surface area contributed by atoms with Crippen LogP contribution in [0, 0.1) is 0 Å². The first-order valence-corrected chi connectivity index (χ1v) is 17.0. The van der Waals surface area contributed by atoms with Crippen LogP contribution in [0.2, 0.25) is 10.0 Å². The highest BCUT2D eigenvalue weighted by Crippen LogP contribution is 2.33. The number of hydrogen-bond acceptors (Lipinski definition) is 6. The number of hydrogen-bond donors (Lipinski definition) is 1. The molecular formula is C35H37Cl2N3O6S. The van der Waals surface area contributed by atoms with Crippen molar-refractivity contribution in [2.75, 3.05) is 25.1 Å². The van der Waals surface area contributed by atoms with Gasteiger partial charge in [-0.05, 0) is 61.4 Å². The molecule has 0 saturated carbocycles. The Hall–Kier alpha value is -4.25. The first kappa shape index (κ1) is 35.6. The van der Waals surface area contributed by atoms with Crippen molar-refractivity contribution in [3.8, 4) is 11.5 Å². The van der Waals surface area contributed by atoms with E-state index in [0.29, 0.717) is 21.4 Å². The fourth-order valence-electron chi connectivity index (χ4n) is 5.00. The van der Waals surface area contributed by atoms with Gasteiger partial charge in [-0.25, -0.2) is 8.42 Å². The molecule has 0 radical (unpaired) electrons. The fraction of sp³-hybridized carbons (Fsp3) is 0.257. The highest BCUT2D eigenvalue weighted by atomic mass is 35.5. The second kappa shape index (κ2) is 16.0. The zero-order valence-corrected chi connectivity index (χ0v) is 28.9. The van der Waals surface area contributed by atoms with Gasteiger partial charge in [0.1, 0.15) is 12.6 Å². The van der Waals surface area contributed by atoms with Crippen LogP contribution in [0.15, 0.2) is 102 Å². The molecule has 4 aromatic rings. The number of para-hydroxylation sites is 1. The highest BCUT2D eigenvalue weighted by molar-refractivity contribution is 7.92. The van der Waals surface area contributed by atoms with Gasteiger partial charge in [0.05, 0.1) is 24.8 Å². The SMILES string of the molecule is COc1ccc(S(=O)(=O)N(CC(=O)N(Cc2ccc(Cl)cc2Cl)[C@H](Cc2ccccc2)C(=O)NC(C)C)c2ccccc2)cc1OC. The first-order valence-electron chi connectivity index (χ1n) is 14.8. The second-order valence-corrected chi connectivity index (χ2v) is 13.7. The lowest BCUT2D eigenvalue weighted by molar-refractivity contribution is -0.140. The summed E-state index contributed by atoms with van der Waals surface area (Å²) in [5.74, 6) is -0.458. The van der Waals surface area contributed by atoms with Gasteiger partial charge < -0.3 is 19.7 Å². The summed E-state index contributed by atoms with van der Waals surface area (Å²) in [6.45, 7) is 2.95. The van der Waals surface area contributed by atoms with Crippen LogP contribution >= 0.6 is 23.2 Å². The number of carbonyl (C=O) groups excluding carboxylic acids is 2. The summed E-state index contributed by atoms with van der Waals surface area (Å²) in [6, 6.07) is 25.4. The smallest absolute Gasteiger partial charge is 0.264 e. The largest absolute Gasteiger partial charge is 0.493 e. The van der Waals surface area contributed by atoms with Crippen molar-refractivity contribution in [1.82, 2.24) is 10.2 Å². The Morgan fingerprint density at radius 3 is 2.06 bits per heavy atom. The Bertz CT molecular complexity index is 1790. The van der Waals surface area contributed by atoms with E-state index < -0.39 is 34.4 Å². The van der Waals surface area contributed by atoms with Crippen molar-refractivity contribution in [2.45, 2.75) is 43.8 Å². The molecule has 12 heteroatoms. The molecule has 47 heavy (non-hydrogen) atoms. The van der Waals surface area contributed by atoms with Gasteiger partial charge in [0, 0.05) is 35.1 Å². The van der Waals surface area contributed by atoms with E-state index >= 15 is 0 Å². The van der Waals surface area contributed by atoms with Crippen molar-refractivity contribution in [3.05, 3.63) is 118 Å². The molecule has 4 aromatic carbocycles. The number of benzene rings is 4. The van der Waals surface area contributed by atoms with E-state index in [4.69, 9.17) is 32.7 Å². The van der Waals surface area contributed by atoms with E-state index in [1.807, 2.05) is 44.2 Å². The molecule has 9 nitrogen and oxygen atoms in total. The number of amides is 2. The zero-order chi connectivity index (χ0) is 34.1. The van der Waals surface area contributed by atoms with Gasteiger partial charge in [-0.2, -0.15) is 0 Å². The van der Waals surface area contributed by atoms with Crippen molar-refractivity contribution < 1.29 is 27.5 Å². The second-order valence-electron chi connectivity index (χ2n) is 11.0. The molecule has 0 fully saturated rings. The minimum atomic E-state index is -4.34. The first-order chi connectivity index (χ1) is 22.4. The van der Waals surface area contributed by atoms with Crippen LogP contribution in [0.5, 0.6) is 11.5 Å². The summed E-state index contributed by atoms with van der Waals surface area (Å²) in [5.41, 5.74) is 1.61. The van der Waals surface area contributed by atoms with Crippen molar-refractivity contribution in [2.24, 2.45) is 0 Å². The van der Waals surface area contributed by atoms with E-state index in [2.05, 4.69) is 5.32 Å². The Labute approximate surface area is 286 Å². The maximum absolute atomic E-state index is 14.6. The van der Waals surface area contributed by atoms with E-state index in [-0.39, 0.29) is 35.3 Å². The minimum absolute atomic E-state index is 0.0864. The lowest BCUT2D eigenvalue weighted by atomic mass is 10.0. The summed E-state index contributed by atoms with van der Waals surface area (Å²) in [4.78, 5) is 29.6. The maximum Gasteiger partial charge on any atom is 0.264 e. The van der Waals surface area contributed by atoms with Crippen LogP contribution in [-0.4, -0.2) is 58.0 Å². The number of anilines is 1. The molecular weight excluding hydrogens is 661 g/mol. The molecule has 2 amide bonds. The van der Waals surface area contributed by atoms with E-state index in [9.17, 15) is 18.0 Å². The molecule has 1 atom stereocenters. The molecule has 0 heterocycles.